The van der Waals surface area contributed by atoms with Crippen molar-refractivity contribution in [2.24, 2.45) is 0 Å². The molecule has 0 saturated heterocycles. The minimum Gasteiger partial charge on any atom is -0.370 e. The molecule has 0 aliphatic rings. The van der Waals surface area contributed by atoms with Crippen LogP contribution in [0.25, 0.3) is 0 Å². The van der Waals surface area contributed by atoms with Gasteiger partial charge in [0.25, 0.3) is 0 Å². The van der Waals surface area contributed by atoms with E-state index < -0.39 is 0 Å². The highest BCUT2D eigenvalue weighted by Crippen LogP contribution is 2.26. The standard InChI is InChI=1S/C14H26N4S/c1-7-15-11-10(2)12(16-8-9-19-6)18-13(17-11)14(3,4)5/h7-9H2,1-6H3,(H2,15,16,17,18). The molecule has 2 N–H and O–H groups in total. The van der Waals surface area contributed by atoms with Crippen LogP contribution in [0.1, 0.15) is 39.1 Å². The molecule has 4 nitrogen and oxygen atoms in total. The third-order valence-electron chi connectivity index (χ3n) is 2.76. The predicted octanol–water partition coefficient (Wildman–Crippen LogP) is 3.29. The summed E-state index contributed by atoms with van der Waals surface area (Å²) in [5.74, 6) is 3.84. The maximum absolute atomic E-state index is 4.69. The number of rotatable bonds is 6. The zero-order chi connectivity index (χ0) is 14.5. The van der Waals surface area contributed by atoms with Gasteiger partial charge in [0.2, 0.25) is 0 Å². The van der Waals surface area contributed by atoms with Crippen LogP contribution in [0.5, 0.6) is 0 Å². The van der Waals surface area contributed by atoms with E-state index >= 15 is 0 Å². The molecule has 0 saturated carbocycles. The number of anilines is 2. The van der Waals surface area contributed by atoms with E-state index in [0.717, 1.165) is 41.9 Å². The first-order valence-corrected chi connectivity index (χ1v) is 8.15. The molecule has 0 spiro atoms. The Kier molecular flexibility index (Phi) is 5.91. The average Bonchev–Trinajstić information content (AvgIpc) is 2.32. The zero-order valence-corrected chi connectivity index (χ0v) is 13.7. The minimum atomic E-state index is -0.0478. The number of hydrogen-bond donors (Lipinski definition) is 2. The Morgan fingerprint density at radius 2 is 1.68 bits per heavy atom. The summed E-state index contributed by atoms with van der Waals surface area (Å²) in [5.41, 5.74) is 1.05. The quantitative estimate of drug-likeness (QED) is 0.784. The Morgan fingerprint density at radius 1 is 1.11 bits per heavy atom. The molecular weight excluding hydrogens is 256 g/mol. The van der Waals surface area contributed by atoms with Crippen LogP contribution in [0, 0.1) is 6.92 Å². The smallest absolute Gasteiger partial charge is 0.138 e. The number of hydrogen-bond acceptors (Lipinski definition) is 5. The summed E-state index contributed by atoms with van der Waals surface area (Å²) in [5, 5.41) is 6.74. The van der Waals surface area contributed by atoms with Crippen molar-refractivity contribution in [3.05, 3.63) is 11.4 Å². The van der Waals surface area contributed by atoms with Crippen LogP contribution in [0.3, 0.4) is 0 Å². The SMILES string of the molecule is CCNc1nc(C(C)(C)C)nc(NCCSC)c1C. The normalized spacial score (nSPS) is 11.5. The van der Waals surface area contributed by atoms with Gasteiger partial charge in [0.1, 0.15) is 17.5 Å². The number of nitrogens with zero attached hydrogens (tertiary/aromatic N) is 2. The van der Waals surface area contributed by atoms with Crippen LogP contribution in [-0.4, -0.2) is 35.1 Å². The Balaban J connectivity index is 3.09. The van der Waals surface area contributed by atoms with Crippen molar-refractivity contribution >= 4 is 23.4 Å². The van der Waals surface area contributed by atoms with Crippen molar-refractivity contribution in [2.75, 3.05) is 35.7 Å². The molecule has 1 rings (SSSR count). The van der Waals surface area contributed by atoms with Gasteiger partial charge in [-0.25, -0.2) is 9.97 Å². The van der Waals surface area contributed by atoms with Crippen molar-refractivity contribution in [3.8, 4) is 0 Å². The van der Waals surface area contributed by atoms with E-state index in [1.165, 1.54) is 0 Å². The van der Waals surface area contributed by atoms with Gasteiger partial charge in [-0.05, 0) is 20.1 Å². The number of aromatic nitrogens is 2. The van der Waals surface area contributed by atoms with Crippen LogP contribution >= 0.6 is 11.8 Å². The lowest BCUT2D eigenvalue weighted by molar-refractivity contribution is 0.546. The second-order valence-corrected chi connectivity index (χ2v) is 6.55. The molecule has 5 heteroatoms. The topological polar surface area (TPSA) is 49.8 Å². The highest BCUT2D eigenvalue weighted by molar-refractivity contribution is 7.98. The van der Waals surface area contributed by atoms with Gasteiger partial charge in [-0.15, -0.1) is 0 Å². The second-order valence-electron chi connectivity index (χ2n) is 5.57. The van der Waals surface area contributed by atoms with Crippen LogP contribution in [-0.2, 0) is 5.41 Å². The van der Waals surface area contributed by atoms with Crippen LogP contribution in [0.4, 0.5) is 11.6 Å². The monoisotopic (exact) mass is 282 g/mol. The Labute approximate surface area is 121 Å². The minimum absolute atomic E-state index is 0.0478. The van der Waals surface area contributed by atoms with Gasteiger partial charge < -0.3 is 10.6 Å². The molecule has 1 heterocycles. The van der Waals surface area contributed by atoms with Crippen molar-refractivity contribution < 1.29 is 0 Å². The highest BCUT2D eigenvalue weighted by Gasteiger charge is 2.20. The maximum Gasteiger partial charge on any atom is 0.138 e. The summed E-state index contributed by atoms with van der Waals surface area (Å²) in [6, 6.07) is 0. The summed E-state index contributed by atoms with van der Waals surface area (Å²) in [7, 11) is 0. The molecule has 0 aromatic carbocycles. The molecule has 1 aromatic rings. The molecule has 0 bridgehead atoms. The summed E-state index contributed by atoms with van der Waals surface area (Å²) in [6.45, 7) is 12.3. The molecule has 0 aliphatic heterocycles. The van der Waals surface area contributed by atoms with E-state index in [1.54, 1.807) is 0 Å². The van der Waals surface area contributed by atoms with Crippen LogP contribution in [0.2, 0.25) is 0 Å². The van der Waals surface area contributed by atoms with Crippen molar-refractivity contribution in [3.63, 3.8) is 0 Å². The van der Waals surface area contributed by atoms with E-state index in [2.05, 4.69) is 61.5 Å². The molecular formula is C14H26N4S. The molecule has 0 radical (unpaired) electrons. The average molecular weight is 282 g/mol. The first-order chi connectivity index (χ1) is 8.90. The lowest BCUT2D eigenvalue weighted by Crippen LogP contribution is -2.20. The number of nitrogens with one attached hydrogen (secondary N) is 2. The zero-order valence-electron chi connectivity index (χ0n) is 12.9. The van der Waals surface area contributed by atoms with Crippen molar-refractivity contribution in [1.82, 2.24) is 9.97 Å². The highest BCUT2D eigenvalue weighted by atomic mass is 32.2. The molecule has 1 aromatic heterocycles. The first kappa shape index (κ1) is 16.1. The summed E-state index contributed by atoms with van der Waals surface area (Å²) in [4.78, 5) is 9.34. The first-order valence-electron chi connectivity index (χ1n) is 6.76. The summed E-state index contributed by atoms with van der Waals surface area (Å²) < 4.78 is 0. The molecule has 0 amide bonds. The second kappa shape index (κ2) is 6.98. The Bertz CT molecular complexity index is 413. The van der Waals surface area contributed by atoms with Gasteiger partial charge >= 0.3 is 0 Å². The van der Waals surface area contributed by atoms with Crippen molar-refractivity contribution in [1.29, 1.82) is 0 Å². The predicted molar refractivity (Wildman–Crippen MR) is 86.5 cm³/mol. The van der Waals surface area contributed by atoms with Gasteiger partial charge in [0.05, 0.1) is 0 Å². The molecule has 0 fully saturated rings. The van der Waals surface area contributed by atoms with E-state index in [-0.39, 0.29) is 5.41 Å². The van der Waals surface area contributed by atoms with Crippen LogP contribution < -0.4 is 10.6 Å². The van der Waals surface area contributed by atoms with E-state index in [0.29, 0.717) is 0 Å². The fraction of sp³-hybridized carbons (Fsp3) is 0.714. The Morgan fingerprint density at radius 3 is 2.16 bits per heavy atom. The fourth-order valence-corrected chi connectivity index (χ4v) is 1.94. The molecule has 0 unspecified atom stereocenters. The number of thioether (sulfide) groups is 1. The Hall–Kier alpha value is -0.970. The summed E-state index contributed by atoms with van der Waals surface area (Å²) >= 11 is 1.83. The van der Waals surface area contributed by atoms with E-state index in [9.17, 15) is 0 Å². The van der Waals surface area contributed by atoms with E-state index in [1.807, 2.05) is 11.8 Å². The van der Waals surface area contributed by atoms with E-state index in [4.69, 9.17) is 0 Å². The maximum atomic E-state index is 4.69. The summed E-state index contributed by atoms with van der Waals surface area (Å²) in [6.07, 6.45) is 2.11. The van der Waals surface area contributed by atoms with Gasteiger partial charge in [0.15, 0.2) is 0 Å². The van der Waals surface area contributed by atoms with Gasteiger partial charge in [-0.2, -0.15) is 11.8 Å². The third-order valence-corrected chi connectivity index (χ3v) is 3.37. The largest absolute Gasteiger partial charge is 0.370 e. The van der Waals surface area contributed by atoms with Crippen LogP contribution in [0.15, 0.2) is 0 Å². The van der Waals surface area contributed by atoms with Gasteiger partial charge in [-0.3, -0.25) is 0 Å². The fourth-order valence-electron chi connectivity index (χ4n) is 1.64. The molecule has 0 atom stereocenters. The molecule has 0 aliphatic carbocycles. The third kappa shape index (κ3) is 4.56. The van der Waals surface area contributed by atoms with Crippen molar-refractivity contribution in [2.45, 2.75) is 40.0 Å². The van der Waals surface area contributed by atoms with Gasteiger partial charge in [0, 0.05) is 29.8 Å². The lowest BCUT2D eigenvalue weighted by atomic mass is 9.95. The lowest BCUT2D eigenvalue weighted by Gasteiger charge is -2.21. The molecule has 108 valence electrons. The van der Waals surface area contributed by atoms with Gasteiger partial charge in [-0.1, -0.05) is 20.8 Å². The molecule has 19 heavy (non-hydrogen) atoms.